The van der Waals surface area contributed by atoms with Crippen LogP contribution in [0.15, 0.2) is 12.3 Å². The fraction of sp³-hybridized carbons (Fsp3) is 0.333. The highest BCUT2D eigenvalue weighted by atomic mass is 35.5. The van der Waals surface area contributed by atoms with Gasteiger partial charge in [0.25, 0.3) is 5.91 Å². The molecule has 0 aliphatic carbocycles. The number of anilines is 1. The van der Waals surface area contributed by atoms with Crippen LogP contribution >= 0.6 is 11.6 Å². The van der Waals surface area contributed by atoms with Crippen LogP contribution < -0.4 is 11.3 Å². The van der Waals surface area contributed by atoms with Gasteiger partial charge in [0.05, 0.1) is 10.6 Å². The Hall–Kier alpha value is -1.54. The molecule has 0 radical (unpaired) electrons. The van der Waals surface area contributed by atoms with Crippen LogP contribution in [0.5, 0.6) is 0 Å². The molecule has 9 heteroatoms. The SMILES string of the molecule is CN(CC(F)(F)F)C(=O)c1cnc(NN)c(Cl)c1. The minimum atomic E-state index is -4.46. The topological polar surface area (TPSA) is 71.2 Å². The van der Waals surface area contributed by atoms with Crippen molar-refractivity contribution in [2.24, 2.45) is 5.84 Å². The Morgan fingerprint density at radius 1 is 1.61 bits per heavy atom. The van der Waals surface area contributed by atoms with Crippen molar-refractivity contribution in [3.05, 3.63) is 22.8 Å². The Kier molecular flexibility index (Phi) is 4.36. The van der Waals surface area contributed by atoms with Crippen LogP contribution in [-0.2, 0) is 0 Å². The number of aromatic nitrogens is 1. The summed E-state index contributed by atoms with van der Waals surface area (Å²) in [6.45, 7) is -1.35. The molecular weight excluding hydrogens is 273 g/mol. The van der Waals surface area contributed by atoms with Crippen molar-refractivity contribution < 1.29 is 18.0 Å². The molecule has 1 amide bonds. The minimum Gasteiger partial charge on any atom is -0.333 e. The fourth-order valence-electron chi connectivity index (χ4n) is 1.22. The van der Waals surface area contributed by atoms with Gasteiger partial charge in [0.2, 0.25) is 0 Å². The quantitative estimate of drug-likeness (QED) is 0.653. The number of carbonyl (C=O) groups is 1. The van der Waals surface area contributed by atoms with Gasteiger partial charge in [0.15, 0.2) is 5.82 Å². The van der Waals surface area contributed by atoms with E-state index in [1.54, 1.807) is 0 Å². The zero-order valence-corrected chi connectivity index (χ0v) is 10.0. The average molecular weight is 283 g/mol. The molecule has 1 heterocycles. The monoisotopic (exact) mass is 282 g/mol. The summed E-state index contributed by atoms with van der Waals surface area (Å²) < 4.78 is 36.4. The minimum absolute atomic E-state index is 0.0451. The van der Waals surface area contributed by atoms with Crippen LogP contribution in [0.1, 0.15) is 10.4 Å². The van der Waals surface area contributed by atoms with E-state index in [0.717, 1.165) is 13.2 Å². The lowest BCUT2D eigenvalue weighted by molar-refractivity contribution is -0.138. The van der Waals surface area contributed by atoms with E-state index >= 15 is 0 Å². The number of hydrogen-bond acceptors (Lipinski definition) is 4. The fourth-order valence-corrected chi connectivity index (χ4v) is 1.44. The summed E-state index contributed by atoms with van der Waals surface area (Å²) in [5.74, 6) is 4.38. The number of nitrogen functional groups attached to an aromatic ring is 1. The predicted molar refractivity (Wildman–Crippen MR) is 60.1 cm³/mol. The number of halogens is 4. The van der Waals surface area contributed by atoms with E-state index in [2.05, 4.69) is 10.4 Å². The lowest BCUT2D eigenvalue weighted by Crippen LogP contribution is -2.35. The van der Waals surface area contributed by atoms with Gasteiger partial charge in [-0.2, -0.15) is 13.2 Å². The van der Waals surface area contributed by atoms with Crippen LogP contribution in [0.25, 0.3) is 0 Å². The van der Waals surface area contributed by atoms with Crippen molar-refractivity contribution in [2.45, 2.75) is 6.18 Å². The normalized spacial score (nSPS) is 11.2. The number of nitrogens with one attached hydrogen (secondary N) is 1. The molecule has 0 atom stereocenters. The molecule has 0 spiro atoms. The van der Waals surface area contributed by atoms with E-state index in [4.69, 9.17) is 17.4 Å². The molecule has 0 saturated carbocycles. The molecule has 0 aromatic carbocycles. The van der Waals surface area contributed by atoms with E-state index in [9.17, 15) is 18.0 Å². The number of carbonyl (C=O) groups excluding carboxylic acids is 1. The lowest BCUT2D eigenvalue weighted by atomic mass is 10.2. The molecule has 0 bridgehead atoms. The summed E-state index contributed by atoms with van der Waals surface area (Å²) in [5, 5.41) is 0.0451. The molecule has 1 aromatic rings. The Bertz CT molecular complexity index is 452. The van der Waals surface area contributed by atoms with Crippen molar-refractivity contribution in [3.8, 4) is 0 Å². The number of alkyl halides is 3. The van der Waals surface area contributed by atoms with Gasteiger partial charge in [0, 0.05) is 13.2 Å². The summed E-state index contributed by atoms with van der Waals surface area (Å²) in [6.07, 6.45) is -3.36. The summed E-state index contributed by atoms with van der Waals surface area (Å²) in [4.78, 5) is 15.9. The lowest BCUT2D eigenvalue weighted by Gasteiger charge is -2.19. The van der Waals surface area contributed by atoms with Crippen molar-refractivity contribution in [3.63, 3.8) is 0 Å². The van der Waals surface area contributed by atoms with Gasteiger partial charge < -0.3 is 10.3 Å². The number of nitrogens with two attached hydrogens (primary N) is 1. The van der Waals surface area contributed by atoms with E-state index in [0.29, 0.717) is 4.90 Å². The Morgan fingerprint density at radius 3 is 2.67 bits per heavy atom. The number of hydrazine groups is 1. The second-order valence-electron chi connectivity index (χ2n) is 3.48. The zero-order valence-electron chi connectivity index (χ0n) is 9.25. The standard InChI is InChI=1S/C9H10ClF3N4O/c1-17(4-9(11,12)13)8(18)5-2-6(10)7(16-14)15-3-5/h2-3H,4,14H2,1H3,(H,15,16). The average Bonchev–Trinajstić information content (AvgIpc) is 2.25. The maximum atomic E-state index is 12.1. The molecule has 0 fully saturated rings. The first-order chi connectivity index (χ1) is 8.24. The number of nitrogens with zero attached hydrogens (tertiary/aromatic N) is 2. The first-order valence-electron chi connectivity index (χ1n) is 4.69. The van der Waals surface area contributed by atoms with Crippen LogP contribution in [0, 0.1) is 0 Å². The van der Waals surface area contributed by atoms with Gasteiger partial charge in [-0.15, -0.1) is 0 Å². The van der Waals surface area contributed by atoms with Crippen LogP contribution in [0.3, 0.4) is 0 Å². The summed E-state index contributed by atoms with van der Waals surface area (Å²) in [5.41, 5.74) is 2.13. The third-order valence-electron chi connectivity index (χ3n) is 1.99. The molecule has 0 saturated heterocycles. The van der Waals surface area contributed by atoms with Crippen LogP contribution in [0.4, 0.5) is 19.0 Å². The molecule has 0 aliphatic heterocycles. The largest absolute Gasteiger partial charge is 0.406 e. The predicted octanol–water partition coefficient (Wildman–Crippen LogP) is 1.65. The highest BCUT2D eigenvalue weighted by Gasteiger charge is 2.31. The van der Waals surface area contributed by atoms with Crippen molar-refractivity contribution in [1.29, 1.82) is 0 Å². The van der Waals surface area contributed by atoms with E-state index < -0.39 is 18.6 Å². The number of hydrogen-bond donors (Lipinski definition) is 2. The molecule has 5 nitrogen and oxygen atoms in total. The van der Waals surface area contributed by atoms with E-state index in [1.165, 1.54) is 6.07 Å². The van der Waals surface area contributed by atoms with Crippen LogP contribution in [-0.4, -0.2) is 35.6 Å². The summed E-state index contributed by atoms with van der Waals surface area (Å²) >= 11 is 5.71. The van der Waals surface area contributed by atoms with Crippen molar-refractivity contribution >= 4 is 23.3 Å². The number of amides is 1. The second-order valence-corrected chi connectivity index (χ2v) is 3.88. The van der Waals surface area contributed by atoms with Gasteiger partial charge in [-0.25, -0.2) is 10.8 Å². The molecule has 1 rings (SSSR count). The molecular formula is C9H10ClF3N4O. The molecule has 18 heavy (non-hydrogen) atoms. The van der Waals surface area contributed by atoms with E-state index in [-0.39, 0.29) is 16.4 Å². The van der Waals surface area contributed by atoms with E-state index in [1.807, 2.05) is 0 Å². The molecule has 0 unspecified atom stereocenters. The molecule has 1 aromatic heterocycles. The third kappa shape index (κ3) is 3.74. The van der Waals surface area contributed by atoms with Gasteiger partial charge in [-0.1, -0.05) is 11.6 Å². The number of rotatable bonds is 3. The maximum Gasteiger partial charge on any atom is 0.406 e. The maximum absolute atomic E-state index is 12.1. The second kappa shape index (κ2) is 5.40. The first-order valence-corrected chi connectivity index (χ1v) is 5.07. The van der Waals surface area contributed by atoms with Crippen LogP contribution in [0.2, 0.25) is 5.02 Å². The molecule has 100 valence electrons. The van der Waals surface area contributed by atoms with Gasteiger partial charge in [-0.05, 0) is 6.07 Å². The van der Waals surface area contributed by atoms with Crippen molar-refractivity contribution in [1.82, 2.24) is 9.88 Å². The molecule has 3 N–H and O–H groups in total. The zero-order chi connectivity index (χ0) is 13.9. The Balaban J connectivity index is 2.87. The highest BCUT2D eigenvalue weighted by Crippen LogP contribution is 2.21. The number of pyridine rings is 1. The molecule has 0 aliphatic rings. The Morgan fingerprint density at radius 2 is 2.22 bits per heavy atom. The van der Waals surface area contributed by atoms with Gasteiger partial charge in [0.1, 0.15) is 6.54 Å². The highest BCUT2D eigenvalue weighted by molar-refractivity contribution is 6.33. The first kappa shape index (κ1) is 14.5. The van der Waals surface area contributed by atoms with Gasteiger partial charge in [-0.3, -0.25) is 4.79 Å². The smallest absolute Gasteiger partial charge is 0.333 e. The summed E-state index contributed by atoms with van der Waals surface area (Å²) in [6, 6.07) is 1.19. The Labute approximate surface area is 106 Å². The third-order valence-corrected chi connectivity index (χ3v) is 2.28. The van der Waals surface area contributed by atoms with Gasteiger partial charge >= 0.3 is 6.18 Å². The summed E-state index contributed by atoms with van der Waals surface area (Å²) in [7, 11) is 1.04. The van der Waals surface area contributed by atoms with Crippen molar-refractivity contribution in [2.75, 3.05) is 19.0 Å².